The molecule has 31 heavy (non-hydrogen) atoms. The van der Waals surface area contributed by atoms with Gasteiger partial charge in [0.25, 0.3) is 0 Å². The van der Waals surface area contributed by atoms with Crippen molar-refractivity contribution < 1.29 is 0 Å². The molecule has 0 bridgehead atoms. The molecule has 0 spiro atoms. The van der Waals surface area contributed by atoms with Gasteiger partial charge in [0.1, 0.15) is 0 Å². The largest absolute Gasteiger partial charge is 0.0616 e. The highest BCUT2D eigenvalue weighted by Crippen LogP contribution is 2.39. The van der Waals surface area contributed by atoms with Gasteiger partial charge in [0.2, 0.25) is 0 Å². The lowest BCUT2D eigenvalue weighted by molar-refractivity contribution is 1.64. The minimum absolute atomic E-state index is 1.26. The van der Waals surface area contributed by atoms with Crippen molar-refractivity contribution in [1.29, 1.82) is 0 Å². The van der Waals surface area contributed by atoms with Crippen LogP contribution in [0.3, 0.4) is 0 Å². The van der Waals surface area contributed by atoms with Crippen LogP contribution in [0.2, 0.25) is 0 Å². The molecular weight excluding hydrogens is 487 g/mol. The van der Waals surface area contributed by atoms with Crippen molar-refractivity contribution in [3.8, 4) is 22.3 Å². The van der Waals surface area contributed by atoms with E-state index < -0.39 is 0 Å². The van der Waals surface area contributed by atoms with Crippen LogP contribution in [0.5, 0.6) is 0 Å². The monoisotopic (exact) mass is 506 g/mol. The number of rotatable bonds is 2. The lowest BCUT2D eigenvalue weighted by atomic mass is 9.91. The van der Waals surface area contributed by atoms with Gasteiger partial charge in [0.05, 0.1) is 0 Å². The van der Waals surface area contributed by atoms with Crippen LogP contribution in [-0.4, -0.2) is 0 Å². The Morgan fingerprint density at radius 2 is 1.00 bits per heavy atom. The first kappa shape index (κ1) is 18.6. The lowest BCUT2D eigenvalue weighted by Gasteiger charge is -2.14. The van der Waals surface area contributed by atoms with Crippen LogP contribution >= 0.6 is 22.6 Å². The van der Waals surface area contributed by atoms with Gasteiger partial charge < -0.3 is 0 Å². The van der Waals surface area contributed by atoms with Crippen LogP contribution in [0.15, 0.2) is 115 Å². The first-order chi connectivity index (χ1) is 15.3. The minimum Gasteiger partial charge on any atom is -0.0616 e. The van der Waals surface area contributed by atoms with Gasteiger partial charge in [-0.1, -0.05) is 97.1 Å². The third kappa shape index (κ3) is 3.21. The maximum absolute atomic E-state index is 2.48. The summed E-state index contributed by atoms with van der Waals surface area (Å²) < 4.78 is 1.28. The predicted octanol–water partition coefficient (Wildman–Crippen LogP) is 9.08. The Labute approximate surface area is 195 Å². The molecule has 0 radical (unpaired) electrons. The van der Waals surface area contributed by atoms with Crippen LogP contribution in [0.1, 0.15) is 0 Å². The second-order valence-corrected chi connectivity index (χ2v) is 9.11. The van der Waals surface area contributed by atoms with Gasteiger partial charge in [0.15, 0.2) is 0 Å². The molecular formula is C30H19I. The zero-order valence-corrected chi connectivity index (χ0v) is 19.0. The molecule has 0 atom stereocenters. The number of benzene rings is 6. The first-order valence-corrected chi connectivity index (χ1v) is 11.6. The van der Waals surface area contributed by atoms with Crippen LogP contribution in [-0.2, 0) is 0 Å². The average Bonchev–Trinajstić information content (AvgIpc) is 2.83. The Morgan fingerprint density at radius 3 is 1.65 bits per heavy atom. The standard InChI is InChI=1S/C30H19I/c31-29-17-16-26(24-14-12-20-6-1-3-8-22(20)18-24)28-11-5-10-27(30(28)29)25-15-13-21-7-2-4-9-23(21)19-25/h1-19H. The molecule has 6 aromatic rings. The number of fused-ring (bicyclic) bond motifs is 3. The molecule has 1 heteroatoms. The van der Waals surface area contributed by atoms with Crippen LogP contribution in [0.4, 0.5) is 0 Å². The lowest BCUT2D eigenvalue weighted by Crippen LogP contribution is -1.89. The van der Waals surface area contributed by atoms with Crippen LogP contribution in [0.25, 0.3) is 54.6 Å². The Balaban J connectivity index is 1.60. The summed E-state index contributed by atoms with van der Waals surface area (Å²) in [6, 6.07) is 41.9. The van der Waals surface area contributed by atoms with Gasteiger partial charge in [-0.15, -0.1) is 0 Å². The molecule has 0 heterocycles. The molecule has 0 nitrogen and oxygen atoms in total. The number of hydrogen-bond donors (Lipinski definition) is 0. The summed E-state index contributed by atoms with van der Waals surface area (Å²) in [6.45, 7) is 0. The van der Waals surface area contributed by atoms with Gasteiger partial charge >= 0.3 is 0 Å². The molecule has 0 aromatic heterocycles. The van der Waals surface area contributed by atoms with Gasteiger partial charge in [0, 0.05) is 8.96 Å². The molecule has 0 unspecified atom stereocenters. The Bertz CT molecular complexity index is 1590. The Hall–Kier alpha value is -3.17. The Kier molecular flexibility index (Phi) is 4.50. The zero-order chi connectivity index (χ0) is 20.8. The van der Waals surface area contributed by atoms with E-state index in [0.29, 0.717) is 0 Å². The highest BCUT2D eigenvalue weighted by atomic mass is 127. The summed E-state index contributed by atoms with van der Waals surface area (Å²) in [5, 5.41) is 7.72. The number of halogens is 1. The molecule has 6 rings (SSSR count). The van der Waals surface area contributed by atoms with E-state index in [1.165, 1.54) is 58.1 Å². The molecule has 146 valence electrons. The highest BCUT2D eigenvalue weighted by Gasteiger charge is 2.12. The second kappa shape index (κ2) is 7.51. The van der Waals surface area contributed by atoms with Crippen molar-refractivity contribution in [3.63, 3.8) is 0 Å². The van der Waals surface area contributed by atoms with Gasteiger partial charge in [-0.25, -0.2) is 0 Å². The van der Waals surface area contributed by atoms with Crippen molar-refractivity contribution in [2.24, 2.45) is 0 Å². The highest BCUT2D eigenvalue weighted by molar-refractivity contribution is 14.1. The third-order valence-corrected chi connectivity index (χ3v) is 7.01. The van der Waals surface area contributed by atoms with Crippen LogP contribution in [0, 0.1) is 3.57 Å². The summed E-state index contributed by atoms with van der Waals surface area (Å²) in [6.07, 6.45) is 0. The fourth-order valence-electron chi connectivity index (χ4n) is 4.57. The fraction of sp³-hybridized carbons (Fsp3) is 0. The molecule has 0 aliphatic heterocycles. The van der Waals surface area contributed by atoms with Crippen molar-refractivity contribution in [1.82, 2.24) is 0 Å². The van der Waals surface area contributed by atoms with Gasteiger partial charge in [-0.3, -0.25) is 0 Å². The summed E-state index contributed by atoms with van der Waals surface area (Å²) in [7, 11) is 0. The second-order valence-electron chi connectivity index (χ2n) is 7.95. The van der Waals surface area contributed by atoms with E-state index in [1.807, 2.05) is 0 Å². The van der Waals surface area contributed by atoms with Crippen molar-refractivity contribution in [2.75, 3.05) is 0 Å². The van der Waals surface area contributed by atoms with E-state index in [2.05, 4.69) is 138 Å². The van der Waals surface area contributed by atoms with Gasteiger partial charge in [-0.2, -0.15) is 0 Å². The maximum Gasteiger partial charge on any atom is 0.0215 e. The molecule has 0 amide bonds. The molecule has 0 saturated heterocycles. The van der Waals surface area contributed by atoms with Crippen molar-refractivity contribution in [3.05, 3.63) is 119 Å². The van der Waals surface area contributed by atoms with E-state index in [9.17, 15) is 0 Å². The molecule has 0 aliphatic rings. The summed E-state index contributed by atoms with van der Waals surface area (Å²) in [5.41, 5.74) is 5.09. The minimum atomic E-state index is 1.26. The first-order valence-electron chi connectivity index (χ1n) is 10.5. The van der Waals surface area contributed by atoms with E-state index >= 15 is 0 Å². The Morgan fingerprint density at radius 1 is 0.419 bits per heavy atom. The summed E-state index contributed by atoms with van der Waals surface area (Å²) >= 11 is 2.48. The SMILES string of the molecule is Ic1ccc(-c2ccc3ccccc3c2)c2cccc(-c3ccc4ccccc4c3)c12. The zero-order valence-electron chi connectivity index (χ0n) is 16.8. The summed E-state index contributed by atoms with van der Waals surface area (Å²) in [4.78, 5) is 0. The van der Waals surface area contributed by atoms with E-state index in [1.54, 1.807) is 0 Å². The number of hydrogen-bond acceptors (Lipinski definition) is 0. The van der Waals surface area contributed by atoms with Crippen molar-refractivity contribution >= 4 is 54.9 Å². The smallest absolute Gasteiger partial charge is 0.0215 e. The van der Waals surface area contributed by atoms with Crippen LogP contribution < -0.4 is 0 Å². The molecule has 0 saturated carbocycles. The van der Waals surface area contributed by atoms with E-state index in [0.717, 1.165) is 0 Å². The maximum atomic E-state index is 2.48. The van der Waals surface area contributed by atoms with Gasteiger partial charge in [-0.05, 0) is 90.0 Å². The quantitative estimate of drug-likeness (QED) is 0.206. The van der Waals surface area contributed by atoms with E-state index in [-0.39, 0.29) is 0 Å². The molecule has 6 aromatic carbocycles. The summed E-state index contributed by atoms with van der Waals surface area (Å²) in [5.74, 6) is 0. The molecule has 0 N–H and O–H groups in total. The van der Waals surface area contributed by atoms with E-state index in [4.69, 9.17) is 0 Å². The third-order valence-electron chi connectivity index (χ3n) is 6.11. The molecule has 0 fully saturated rings. The molecule has 0 aliphatic carbocycles. The normalized spacial score (nSPS) is 11.4. The average molecular weight is 506 g/mol. The topological polar surface area (TPSA) is 0 Å². The van der Waals surface area contributed by atoms with Crippen molar-refractivity contribution in [2.45, 2.75) is 0 Å². The fourth-order valence-corrected chi connectivity index (χ4v) is 5.33. The predicted molar refractivity (Wildman–Crippen MR) is 143 cm³/mol.